The number of nitrogens with one attached hydrogen (secondary N) is 1. The Morgan fingerprint density at radius 2 is 1.74 bits per heavy atom. The zero-order chi connectivity index (χ0) is 17.2. The second-order valence-corrected chi connectivity index (χ2v) is 5.92. The molecule has 0 aliphatic heterocycles. The van der Waals surface area contributed by atoms with Crippen molar-refractivity contribution in [1.29, 1.82) is 0 Å². The Morgan fingerprint density at radius 3 is 2.26 bits per heavy atom. The highest BCUT2D eigenvalue weighted by Crippen LogP contribution is 2.11. The Bertz CT molecular complexity index is 487. The summed E-state index contributed by atoms with van der Waals surface area (Å²) in [6.45, 7) is 8.40. The molecule has 0 heterocycles. The summed E-state index contributed by atoms with van der Waals surface area (Å²) in [7, 11) is 0. The minimum Gasteiger partial charge on any atom is -0.352 e. The van der Waals surface area contributed by atoms with Crippen LogP contribution in [-0.4, -0.2) is 35.3 Å². The normalized spacial score (nSPS) is 13.2. The van der Waals surface area contributed by atoms with Crippen LogP contribution in [0, 0.1) is 0 Å². The van der Waals surface area contributed by atoms with E-state index in [-0.39, 0.29) is 23.9 Å². The summed E-state index contributed by atoms with van der Waals surface area (Å²) in [5.74, 6) is -0.0104. The van der Waals surface area contributed by atoms with Gasteiger partial charge in [0.05, 0.1) is 0 Å². The van der Waals surface area contributed by atoms with Gasteiger partial charge < -0.3 is 10.2 Å². The third kappa shape index (κ3) is 6.05. The number of amides is 2. The molecule has 0 saturated carbocycles. The number of hydrogen-bond acceptors (Lipinski definition) is 2. The number of carbonyl (C=O) groups is 2. The van der Waals surface area contributed by atoms with Crippen molar-refractivity contribution in [2.24, 2.45) is 0 Å². The first-order valence-corrected chi connectivity index (χ1v) is 8.67. The molecule has 2 amide bonds. The Hall–Kier alpha value is -1.84. The second kappa shape index (κ2) is 10.0. The summed E-state index contributed by atoms with van der Waals surface area (Å²) in [5.41, 5.74) is 1.18. The Morgan fingerprint density at radius 1 is 1.09 bits per heavy atom. The lowest BCUT2D eigenvalue weighted by Crippen LogP contribution is -2.51. The summed E-state index contributed by atoms with van der Waals surface area (Å²) in [4.78, 5) is 26.6. The van der Waals surface area contributed by atoms with E-state index in [0.29, 0.717) is 19.4 Å². The van der Waals surface area contributed by atoms with Crippen molar-refractivity contribution >= 4 is 11.8 Å². The number of rotatable bonds is 9. The van der Waals surface area contributed by atoms with Crippen LogP contribution >= 0.6 is 0 Å². The molecule has 1 aromatic carbocycles. The fourth-order valence-corrected chi connectivity index (χ4v) is 2.54. The second-order valence-electron chi connectivity index (χ2n) is 5.92. The minimum atomic E-state index is -0.389. The first-order chi connectivity index (χ1) is 11.0. The summed E-state index contributed by atoms with van der Waals surface area (Å²) < 4.78 is 0. The zero-order valence-electron chi connectivity index (χ0n) is 14.8. The van der Waals surface area contributed by atoms with Crippen molar-refractivity contribution in [3.05, 3.63) is 35.9 Å². The molecule has 0 saturated heterocycles. The van der Waals surface area contributed by atoms with Crippen LogP contribution in [0.1, 0.15) is 52.5 Å². The maximum atomic E-state index is 12.5. The molecule has 2 atom stereocenters. The van der Waals surface area contributed by atoms with Crippen molar-refractivity contribution in [3.63, 3.8) is 0 Å². The molecule has 1 N–H and O–H groups in total. The van der Waals surface area contributed by atoms with E-state index in [1.165, 1.54) is 5.56 Å². The number of nitrogens with zero attached hydrogens (tertiary/aromatic N) is 1. The van der Waals surface area contributed by atoms with E-state index >= 15 is 0 Å². The molecule has 0 bridgehead atoms. The van der Waals surface area contributed by atoms with Crippen LogP contribution in [0.15, 0.2) is 30.3 Å². The van der Waals surface area contributed by atoms with E-state index < -0.39 is 0 Å². The van der Waals surface area contributed by atoms with Gasteiger partial charge in [0.25, 0.3) is 0 Å². The lowest BCUT2D eigenvalue weighted by Gasteiger charge is -2.31. The SMILES string of the molecule is CCC(=O)N(CCc1ccccc1)C(CC)C(=O)NC(C)CC. The standard InChI is InChI=1S/C19H30N2O2/c1-5-15(4)20-19(23)17(6-2)21(18(22)7-3)14-13-16-11-9-8-10-12-16/h8-12,15,17H,5-7,13-14H2,1-4H3,(H,20,23). The summed E-state index contributed by atoms with van der Waals surface area (Å²) in [6.07, 6.45) is 2.69. The van der Waals surface area contributed by atoms with E-state index in [1.807, 2.05) is 45.9 Å². The van der Waals surface area contributed by atoms with Crippen LogP contribution in [0.5, 0.6) is 0 Å². The van der Waals surface area contributed by atoms with Gasteiger partial charge in [-0.05, 0) is 31.7 Å². The van der Waals surface area contributed by atoms with Gasteiger partial charge in [-0.2, -0.15) is 0 Å². The van der Waals surface area contributed by atoms with E-state index in [2.05, 4.69) is 17.4 Å². The average Bonchev–Trinajstić information content (AvgIpc) is 2.58. The van der Waals surface area contributed by atoms with Crippen molar-refractivity contribution in [2.45, 2.75) is 65.5 Å². The molecule has 0 spiro atoms. The molecule has 0 aliphatic carbocycles. The van der Waals surface area contributed by atoms with Gasteiger partial charge in [-0.3, -0.25) is 9.59 Å². The molecular weight excluding hydrogens is 288 g/mol. The van der Waals surface area contributed by atoms with Gasteiger partial charge in [-0.1, -0.05) is 51.1 Å². The van der Waals surface area contributed by atoms with E-state index in [1.54, 1.807) is 4.90 Å². The maximum Gasteiger partial charge on any atom is 0.243 e. The lowest BCUT2D eigenvalue weighted by atomic mass is 10.1. The number of hydrogen-bond donors (Lipinski definition) is 1. The number of benzene rings is 1. The molecule has 0 aliphatic rings. The highest BCUT2D eigenvalue weighted by atomic mass is 16.2. The summed E-state index contributed by atoms with van der Waals surface area (Å²) in [5, 5.41) is 3.01. The van der Waals surface area contributed by atoms with Gasteiger partial charge >= 0.3 is 0 Å². The van der Waals surface area contributed by atoms with Gasteiger partial charge in [0.15, 0.2) is 0 Å². The minimum absolute atomic E-state index is 0.0343. The van der Waals surface area contributed by atoms with Crippen LogP contribution in [-0.2, 0) is 16.0 Å². The van der Waals surface area contributed by atoms with Gasteiger partial charge in [0.1, 0.15) is 6.04 Å². The maximum absolute atomic E-state index is 12.5. The van der Waals surface area contributed by atoms with Crippen molar-refractivity contribution in [2.75, 3.05) is 6.54 Å². The Labute approximate surface area is 140 Å². The first kappa shape index (κ1) is 19.2. The first-order valence-electron chi connectivity index (χ1n) is 8.67. The van der Waals surface area contributed by atoms with Crippen molar-refractivity contribution < 1.29 is 9.59 Å². The fraction of sp³-hybridized carbons (Fsp3) is 0.579. The molecule has 4 heteroatoms. The predicted octanol–water partition coefficient (Wildman–Crippen LogP) is 3.16. The van der Waals surface area contributed by atoms with Gasteiger partial charge in [-0.25, -0.2) is 0 Å². The molecule has 1 aromatic rings. The largest absolute Gasteiger partial charge is 0.352 e. The molecule has 2 unspecified atom stereocenters. The topological polar surface area (TPSA) is 49.4 Å². The van der Waals surface area contributed by atoms with Crippen molar-refractivity contribution in [3.8, 4) is 0 Å². The highest BCUT2D eigenvalue weighted by molar-refractivity contribution is 5.87. The quantitative estimate of drug-likeness (QED) is 0.760. The molecule has 1 rings (SSSR count). The third-order valence-electron chi connectivity index (χ3n) is 4.17. The zero-order valence-corrected chi connectivity index (χ0v) is 14.8. The molecule has 128 valence electrons. The summed E-state index contributed by atoms with van der Waals surface area (Å²) >= 11 is 0. The van der Waals surface area contributed by atoms with Crippen LogP contribution < -0.4 is 5.32 Å². The van der Waals surface area contributed by atoms with Gasteiger partial charge in [0, 0.05) is 19.0 Å². The Balaban J connectivity index is 2.81. The van der Waals surface area contributed by atoms with Crippen LogP contribution in [0.25, 0.3) is 0 Å². The van der Waals surface area contributed by atoms with Gasteiger partial charge in [0.2, 0.25) is 11.8 Å². The number of carbonyl (C=O) groups excluding carboxylic acids is 2. The molecule has 0 aromatic heterocycles. The molecular formula is C19H30N2O2. The molecule has 23 heavy (non-hydrogen) atoms. The van der Waals surface area contributed by atoms with Gasteiger partial charge in [-0.15, -0.1) is 0 Å². The molecule has 0 fully saturated rings. The van der Waals surface area contributed by atoms with E-state index in [9.17, 15) is 9.59 Å². The fourth-order valence-electron chi connectivity index (χ4n) is 2.54. The van der Waals surface area contributed by atoms with Crippen LogP contribution in [0.2, 0.25) is 0 Å². The van der Waals surface area contributed by atoms with Crippen molar-refractivity contribution in [1.82, 2.24) is 10.2 Å². The third-order valence-corrected chi connectivity index (χ3v) is 4.17. The monoisotopic (exact) mass is 318 g/mol. The molecule has 4 nitrogen and oxygen atoms in total. The Kier molecular flexibility index (Phi) is 8.38. The highest BCUT2D eigenvalue weighted by Gasteiger charge is 2.27. The summed E-state index contributed by atoms with van der Waals surface area (Å²) in [6, 6.07) is 9.81. The van der Waals surface area contributed by atoms with E-state index in [4.69, 9.17) is 0 Å². The average molecular weight is 318 g/mol. The molecule has 0 radical (unpaired) electrons. The van der Waals surface area contributed by atoms with E-state index in [0.717, 1.165) is 12.8 Å². The van der Waals surface area contributed by atoms with Crippen LogP contribution in [0.4, 0.5) is 0 Å². The van der Waals surface area contributed by atoms with Crippen LogP contribution in [0.3, 0.4) is 0 Å². The smallest absolute Gasteiger partial charge is 0.243 e. The predicted molar refractivity (Wildman–Crippen MR) is 94.1 cm³/mol. The lowest BCUT2D eigenvalue weighted by molar-refractivity contribution is -0.140.